The molecule has 0 unspecified atom stereocenters. The lowest BCUT2D eigenvalue weighted by atomic mass is 10.3. The minimum absolute atomic E-state index is 0.00114. The topological polar surface area (TPSA) is 84.7 Å². The smallest absolute Gasteiger partial charge is 0.360 e. The monoisotopic (exact) mass is 351 g/mol. The van der Waals surface area contributed by atoms with Crippen LogP contribution in [-0.4, -0.2) is 35.0 Å². The fourth-order valence-corrected chi connectivity index (χ4v) is 2.25. The van der Waals surface area contributed by atoms with Crippen molar-refractivity contribution < 1.29 is 27.5 Å². The third kappa shape index (κ3) is 3.93. The summed E-state index contributed by atoms with van der Waals surface area (Å²) >= 11 is 0. The number of nitrogens with zero attached hydrogens (tertiary/aromatic N) is 2. The number of rotatable bonds is 5. The maximum Gasteiger partial charge on any atom is 0.360 e. The summed E-state index contributed by atoms with van der Waals surface area (Å²) in [5.74, 6) is -2.51. The van der Waals surface area contributed by atoms with Crippen LogP contribution in [0.4, 0.5) is 19.3 Å². The lowest BCUT2D eigenvalue weighted by Gasteiger charge is -2.21. The Hall–Kier alpha value is -2.97. The highest BCUT2D eigenvalue weighted by molar-refractivity contribution is 5.89. The van der Waals surface area contributed by atoms with E-state index >= 15 is 0 Å². The average Bonchev–Trinajstić information content (AvgIpc) is 3.33. The first-order valence-corrected chi connectivity index (χ1v) is 7.53. The summed E-state index contributed by atoms with van der Waals surface area (Å²) in [6.07, 6.45) is 2.78. The van der Waals surface area contributed by atoms with E-state index in [0.29, 0.717) is 0 Å². The summed E-state index contributed by atoms with van der Waals surface area (Å²) in [5, 5.41) is 2.51. The van der Waals surface area contributed by atoms with Crippen LogP contribution >= 0.6 is 0 Å². The largest absolute Gasteiger partial charge is 0.464 e. The number of carbonyl (C=O) groups excluding carboxylic acids is 2. The average molecular weight is 351 g/mol. The number of nitrogens with one attached hydrogen (secondary N) is 1. The van der Waals surface area contributed by atoms with Crippen LogP contribution in [0.2, 0.25) is 0 Å². The Labute approximate surface area is 141 Å². The molecule has 0 bridgehead atoms. The van der Waals surface area contributed by atoms with Crippen LogP contribution < -0.4 is 5.32 Å². The zero-order valence-electron chi connectivity index (χ0n) is 13.3. The number of anilines is 1. The van der Waals surface area contributed by atoms with E-state index in [9.17, 15) is 18.4 Å². The van der Waals surface area contributed by atoms with Gasteiger partial charge in [-0.2, -0.15) is 0 Å². The van der Waals surface area contributed by atoms with Crippen molar-refractivity contribution in [2.45, 2.75) is 25.4 Å². The highest BCUT2D eigenvalue weighted by atomic mass is 19.2. The number of amides is 2. The molecule has 1 fully saturated rings. The Morgan fingerprint density at radius 3 is 2.76 bits per heavy atom. The van der Waals surface area contributed by atoms with Gasteiger partial charge < -0.3 is 19.4 Å². The van der Waals surface area contributed by atoms with Gasteiger partial charge in [-0.3, -0.25) is 0 Å². The van der Waals surface area contributed by atoms with Crippen LogP contribution in [0.15, 0.2) is 28.9 Å². The molecule has 7 nitrogen and oxygen atoms in total. The van der Waals surface area contributed by atoms with Gasteiger partial charge in [0.2, 0.25) is 5.89 Å². The van der Waals surface area contributed by atoms with Gasteiger partial charge >= 0.3 is 12.0 Å². The molecule has 0 atom stereocenters. The zero-order valence-corrected chi connectivity index (χ0v) is 13.3. The minimum atomic E-state index is -1.05. The van der Waals surface area contributed by atoms with Gasteiger partial charge in [-0.25, -0.2) is 23.4 Å². The van der Waals surface area contributed by atoms with E-state index < -0.39 is 23.6 Å². The Kier molecular flexibility index (Phi) is 4.64. The number of aromatic nitrogens is 1. The second-order valence-electron chi connectivity index (χ2n) is 5.54. The normalized spacial score (nSPS) is 13.4. The summed E-state index contributed by atoms with van der Waals surface area (Å²) in [6.45, 7) is 0.0389. The van der Waals surface area contributed by atoms with Crippen LogP contribution in [0.5, 0.6) is 0 Å². The van der Waals surface area contributed by atoms with Gasteiger partial charge in [0, 0.05) is 17.8 Å². The molecular weight excluding hydrogens is 336 g/mol. The van der Waals surface area contributed by atoms with Crippen LogP contribution in [0.25, 0.3) is 0 Å². The molecule has 1 N–H and O–H groups in total. The molecule has 2 aromatic rings. The first kappa shape index (κ1) is 16.9. The number of benzene rings is 1. The molecule has 3 rings (SSSR count). The van der Waals surface area contributed by atoms with Gasteiger partial charge in [0.25, 0.3) is 0 Å². The summed E-state index contributed by atoms with van der Waals surface area (Å²) in [5.41, 5.74) is 0.145. The summed E-state index contributed by atoms with van der Waals surface area (Å²) in [6, 6.07) is 2.61. The summed E-state index contributed by atoms with van der Waals surface area (Å²) in [4.78, 5) is 29.3. The van der Waals surface area contributed by atoms with Crippen LogP contribution in [0, 0.1) is 11.6 Å². The molecule has 1 heterocycles. The number of methoxy groups -OCH3 is 1. The molecule has 1 saturated carbocycles. The number of ether oxygens (including phenoxy) is 1. The van der Waals surface area contributed by atoms with Crippen molar-refractivity contribution in [3.05, 3.63) is 47.7 Å². The molecule has 9 heteroatoms. The molecule has 2 amide bonds. The van der Waals surface area contributed by atoms with E-state index in [1.54, 1.807) is 0 Å². The highest BCUT2D eigenvalue weighted by Crippen LogP contribution is 2.29. The maximum absolute atomic E-state index is 13.3. The number of urea groups is 1. The molecule has 1 aliphatic rings. The van der Waals surface area contributed by atoms with Crippen molar-refractivity contribution in [2.24, 2.45) is 0 Å². The minimum Gasteiger partial charge on any atom is -0.464 e. The summed E-state index contributed by atoms with van der Waals surface area (Å²) in [7, 11) is 1.22. The molecule has 1 aromatic carbocycles. The van der Waals surface area contributed by atoms with Crippen molar-refractivity contribution >= 4 is 17.7 Å². The molecule has 0 aliphatic heterocycles. The van der Waals surface area contributed by atoms with Gasteiger partial charge in [0.05, 0.1) is 13.7 Å². The Balaban J connectivity index is 1.70. The number of hydrogen-bond donors (Lipinski definition) is 1. The van der Waals surface area contributed by atoms with Gasteiger partial charge in [-0.1, -0.05) is 0 Å². The van der Waals surface area contributed by atoms with Crippen molar-refractivity contribution in [3.8, 4) is 0 Å². The fraction of sp³-hybridized carbons (Fsp3) is 0.312. The van der Waals surface area contributed by atoms with Gasteiger partial charge in [-0.05, 0) is 25.0 Å². The standard InChI is InChI=1S/C16H15F2N3O4/c1-24-15(22)13-8-25-14(20-13)7-21(10-3-4-10)16(23)19-9-2-5-11(17)12(18)6-9/h2,5-6,8,10H,3-4,7H2,1H3,(H,19,23). The molecule has 1 aliphatic carbocycles. The lowest BCUT2D eigenvalue weighted by molar-refractivity contribution is 0.0594. The van der Waals surface area contributed by atoms with E-state index in [1.807, 2.05) is 0 Å². The SMILES string of the molecule is COC(=O)c1coc(CN(C(=O)Nc2ccc(F)c(F)c2)C2CC2)n1. The second-order valence-corrected chi connectivity index (χ2v) is 5.54. The number of halogens is 2. The molecule has 132 valence electrons. The Bertz CT molecular complexity index is 804. The van der Waals surface area contributed by atoms with Crippen molar-refractivity contribution in [2.75, 3.05) is 12.4 Å². The first-order chi connectivity index (χ1) is 12.0. The third-order valence-corrected chi connectivity index (χ3v) is 3.67. The van der Waals surface area contributed by atoms with E-state index in [1.165, 1.54) is 18.1 Å². The predicted octanol–water partition coefficient (Wildman–Crippen LogP) is 2.94. The van der Waals surface area contributed by atoms with Crippen LogP contribution in [-0.2, 0) is 11.3 Å². The van der Waals surface area contributed by atoms with Crippen LogP contribution in [0.3, 0.4) is 0 Å². The fourth-order valence-electron chi connectivity index (χ4n) is 2.25. The van der Waals surface area contributed by atoms with E-state index in [0.717, 1.165) is 31.2 Å². The molecular formula is C16H15F2N3O4. The van der Waals surface area contributed by atoms with E-state index in [4.69, 9.17) is 4.42 Å². The van der Waals surface area contributed by atoms with Gasteiger partial charge in [0.15, 0.2) is 17.3 Å². The highest BCUT2D eigenvalue weighted by Gasteiger charge is 2.34. The third-order valence-electron chi connectivity index (χ3n) is 3.67. The zero-order chi connectivity index (χ0) is 18.0. The van der Waals surface area contributed by atoms with E-state index in [2.05, 4.69) is 15.0 Å². The number of esters is 1. The number of oxazole rings is 1. The van der Waals surface area contributed by atoms with Crippen molar-refractivity contribution in [1.82, 2.24) is 9.88 Å². The van der Waals surface area contributed by atoms with Crippen LogP contribution in [0.1, 0.15) is 29.2 Å². The van der Waals surface area contributed by atoms with E-state index in [-0.39, 0.29) is 29.9 Å². The van der Waals surface area contributed by atoms with Gasteiger partial charge in [0.1, 0.15) is 6.26 Å². The molecule has 0 radical (unpaired) electrons. The molecule has 0 spiro atoms. The Morgan fingerprint density at radius 1 is 1.36 bits per heavy atom. The molecule has 25 heavy (non-hydrogen) atoms. The Morgan fingerprint density at radius 2 is 2.12 bits per heavy atom. The first-order valence-electron chi connectivity index (χ1n) is 7.53. The van der Waals surface area contributed by atoms with Crippen molar-refractivity contribution in [1.29, 1.82) is 0 Å². The summed E-state index contributed by atoms with van der Waals surface area (Å²) < 4.78 is 35.9. The molecule has 1 aromatic heterocycles. The second kappa shape index (κ2) is 6.88. The van der Waals surface area contributed by atoms with Crippen molar-refractivity contribution in [3.63, 3.8) is 0 Å². The number of hydrogen-bond acceptors (Lipinski definition) is 5. The quantitative estimate of drug-likeness (QED) is 0.837. The maximum atomic E-state index is 13.3. The van der Waals surface area contributed by atoms with Gasteiger partial charge in [-0.15, -0.1) is 0 Å². The molecule has 0 saturated heterocycles. The predicted molar refractivity (Wildman–Crippen MR) is 81.8 cm³/mol. The lowest BCUT2D eigenvalue weighted by Crippen LogP contribution is -2.36. The number of carbonyl (C=O) groups is 2.